The highest BCUT2D eigenvalue weighted by Crippen LogP contribution is 2.44. The number of carbonyl (C=O) groups excluding carboxylic acids is 1. The molecule has 1 aliphatic heterocycles. The van der Waals surface area contributed by atoms with Crippen LogP contribution in [-0.4, -0.2) is 61.7 Å². The van der Waals surface area contributed by atoms with Crippen LogP contribution in [0.25, 0.3) is 0 Å². The van der Waals surface area contributed by atoms with Gasteiger partial charge in [0.2, 0.25) is 15.9 Å². The van der Waals surface area contributed by atoms with Crippen LogP contribution in [-0.2, 0) is 25.1 Å². The smallest absolute Gasteiger partial charge is 0.243 e. The lowest BCUT2D eigenvalue weighted by Gasteiger charge is -2.39. The van der Waals surface area contributed by atoms with E-state index in [4.69, 9.17) is 10.5 Å². The number of nitrogens with one attached hydrogen (secondary N) is 1. The van der Waals surface area contributed by atoms with E-state index in [1.807, 2.05) is 37.3 Å². The number of hydrogen-bond acceptors (Lipinski definition) is 6. The summed E-state index contributed by atoms with van der Waals surface area (Å²) in [5.41, 5.74) is 5.12. The molecule has 4 rings (SSSR count). The maximum Gasteiger partial charge on any atom is 0.243 e. The van der Waals surface area contributed by atoms with E-state index in [9.17, 15) is 18.3 Å². The maximum absolute atomic E-state index is 13.6. The van der Waals surface area contributed by atoms with Crippen molar-refractivity contribution in [1.82, 2.24) is 9.62 Å². The predicted molar refractivity (Wildman–Crippen MR) is 147 cm³/mol. The molecule has 5 atom stereocenters. The summed E-state index contributed by atoms with van der Waals surface area (Å²) in [5.74, 6) is -0.486. The monoisotopic (exact) mass is 543 g/mol. The minimum atomic E-state index is -3.91. The summed E-state index contributed by atoms with van der Waals surface area (Å²) in [6.45, 7) is 4.62. The summed E-state index contributed by atoms with van der Waals surface area (Å²) in [6.07, 6.45) is 3.02. The molecule has 3 unspecified atom stereocenters. The molecule has 0 aromatic heterocycles. The average molecular weight is 544 g/mol. The van der Waals surface area contributed by atoms with Crippen molar-refractivity contribution in [1.29, 1.82) is 0 Å². The van der Waals surface area contributed by atoms with Crippen LogP contribution in [0.5, 0.6) is 0 Å². The van der Waals surface area contributed by atoms with Gasteiger partial charge in [-0.15, -0.1) is 0 Å². The zero-order valence-corrected chi connectivity index (χ0v) is 23.2. The third kappa shape index (κ3) is 6.13. The Balaban J connectivity index is 1.61. The molecule has 4 N–H and O–H groups in total. The first-order valence-electron chi connectivity index (χ1n) is 13.5. The highest BCUT2D eigenvalue weighted by Gasteiger charge is 2.47. The number of aliphatic hydroxyl groups excluding tert-OH is 1. The normalized spacial score (nSPS) is 24.8. The quantitative estimate of drug-likeness (QED) is 0.401. The van der Waals surface area contributed by atoms with Gasteiger partial charge in [0.05, 0.1) is 22.1 Å². The molecule has 9 heteroatoms. The standard InChI is InChI=1S/C29H41N3O5S/c1-22(19-30)20-32(38(35,36)25-12-7-4-8-13-25)21-26(33)28(2,24-10-5-3-6-11-24)31-27(34)23-14-16-29(18-23)15-9-17-37-29/h3-8,10-13,22-23,26,33H,9,14-21,30H2,1-2H3,(H,31,34)/t22?,23?,26-,28+,29?/m1/s1. The van der Waals surface area contributed by atoms with Gasteiger partial charge in [-0.1, -0.05) is 55.5 Å². The number of amides is 1. The van der Waals surface area contributed by atoms with E-state index in [0.29, 0.717) is 18.5 Å². The number of aliphatic hydroxyl groups is 1. The fraction of sp³-hybridized carbons (Fsp3) is 0.552. The molecule has 0 radical (unpaired) electrons. The second kappa shape index (κ2) is 11.8. The van der Waals surface area contributed by atoms with Gasteiger partial charge in [-0.3, -0.25) is 4.79 Å². The Labute approximate surface area is 226 Å². The number of nitrogens with two attached hydrogens (primary N) is 1. The third-order valence-corrected chi connectivity index (χ3v) is 10.1. The van der Waals surface area contributed by atoms with E-state index >= 15 is 0 Å². The van der Waals surface area contributed by atoms with E-state index in [1.54, 1.807) is 37.3 Å². The lowest BCUT2D eigenvalue weighted by Crippen LogP contribution is -2.57. The zero-order valence-electron chi connectivity index (χ0n) is 22.4. The predicted octanol–water partition coefficient (Wildman–Crippen LogP) is 3.01. The van der Waals surface area contributed by atoms with Gasteiger partial charge in [-0.05, 0) is 69.2 Å². The first-order chi connectivity index (χ1) is 18.1. The van der Waals surface area contributed by atoms with Crippen LogP contribution >= 0.6 is 0 Å². The Kier molecular flexibility index (Phi) is 8.94. The van der Waals surface area contributed by atoms with Gasteiger partial charge in [-0.2, -0.15) is 4.31 Å². The fourth-order valence-electron chi connectivity index (χ4n) is 5.73. The van der Waals surface area contributed by atoms with Crippen molar-refractivity contribution in [2.45, 2.75) is 68.1 Å². The Bertz CT molecular complexity index is 1170. The maximum atomic E-state index is 13.6. The van der Waals surface area contributed by atoms with Crippen LogP contribution in [0.3, 0.4) is 0 Å². The van der Waals surface area contributed by atoms with E-state index < -0.39 is 21.7 Å². The van der Waals surface area contributed by atoms with Crippen molar-refractivity contribution >= 4 is 15.9 Å². The summed E-state index contributed by atoms with van der Waals surface area (Å²) >= 11 is 0. The number of nitrogens with zero attached hydrogens (tertiary/aromatic N) is 1. The molecule has 8 nitrogen and oxygen atoms in total. The van der Waals surface area contributed by atoms with Crippen LogP contribution in [0.2, 0.25) is 0 Å². The van der Waals surface area contributed by atoms with Gasteiger partial charge < -0.3 is 20.9 Å². The highest BCUT2D eigenvalue weighted by atomic mass is 32.2. The summed E-state index contributed by atoms with van der Waals surface area (Å²) in [5, 5.41) is 14.8. The Morgan fingerprint density at radius 2 is 1.82 bits per heavy atom. The first kappa shape index (κ1) is 28.7. The molecule has 1 saturated carbocycles. The molecular formula is C29H41N3O5S. The Hall–Kier alpha value is -2.30. The van der Waals surface area contributed by atoms with Gasteiger partial charge in [0, 0.05) is 25.6 Å². The molecule has 0 bridgehead atoms. The van der Waals surface area contributed by atoms with Crippen molar-refractivity contribution < 1.29 is 23.1 Å². The van der Waals surface area contributed by atoms with E-state index in [0.717, 1.165) is 32.3 Å². The highest BCUT2D eigenvalue weighted by molar-refractivity contribution is 7.89. The van der Waals surface area contributed by atoms with Crippen molar-refractivity contribution in [2.75, 3.05) is 26.2 Å². The van der Waals surface area contributed by atoms with Crippen molar-refractivity contribution in [3.05, 3.63) is 66.2 Å². The van der Waals surface area contributed by atoms with Gasteiger partial charge >= 0.3 is 0 Å². The molecule has 1 heterocycles. The molecule has 2 fully saturated rings. The van der Waals surface area contributed by atoms with Crippen LogP contribution in [0, 0.1) is 11.8 Å². The van der Waals surface area contributed by atoms with E-state index in [2.05, 4.69) is 5.32 Å². The number of carbonyl (C=O) groups is 1. The molecular weight excluding hydrogens is 502 g/mol. The SMILES string of the molecule is CC(CN)CN(C[C@@H](O)[C@@](C)(NC(=O)C1CCC2(CCCO2)C1)c1ccccc1)S(=O)(=O)c1ccccc1. The molecule has 1 saturated heterocycles. The third-order valence-electron chi connectivity index (χ3n) is 8.22. The van der Waals surface area contributed by atoms with Crippen LogP contribution in [0.4, 0.5) is 0 Å². The molecule has 208 valence electrons. The fourth-order valence-corrected chi connectivity index (χ4v) is 7.32. The molecule has 2 aliphatic rings. The zero-order chi connectivity index (χ0) is 27.4. The van der Waals surface area contributed by atoms with Gasteiger partial charge in [0.15, 0.2) is 0 Å². The second-order valence-electron chi connectivity index (χ2n) is 11.1. The van der Waals surface area contributed by atoms with Gasteiger partial charge in [0.1, 0.15) is 0 Å². The van der Waals surface area contributed by atoms with Gasteiger partial charge in [0.25, 0.3) is 0 Å². The Morgan fingerprint density at radius 3 is 2.42 bits per heavy atom. The first-order valence-corrected chi connectivity index (χ1v) is 15.0. The minimum Gasteiger partial charge on any atom is -0.389 e. The topological polar surface area (TPSA) is 122 Å². The van der Waals surface area contributed by atoms with Crippen molar-refractivity contribution in [2.24, 2.45) is 17.6 Å². The number of hydrogen-bond donors (Lipinski definition) is 3. The lowest BCUT2D eigenvalue weighted by molar-refractivity contribution is -0.129. The van der Waals surface area contributed by atoms with Crippen LogP contribution in [0.1, 0.15) is 51.5 Å². The largest absolute Gasteiger partial charge is 0.389 e. The molecule has 1 amide bonds. The van der Waals surface area contributed by atoms with Crippen LogP contribution in [0.15, 0.2) is 65.6 Å². The van der Waals surface area contributed by atoms with Crippen molar-refractivity contribution in [3.63, 3.8) is 0 Å². The van der Waals surface area contributed by atoms with E-state index in [1.165, 1.54) is 4.31 Å². The van der Waals surface area contributed by atoms with E-state index in [-0.39, 0.29) is 41.3 Å². The summed E-state index contributed by atoms with van der Waals surface area (Å²) in [6, 6.07) is 17.4. The molecule has 38 heavy (non-hydrogen) atoms. The minimum absolute atomic E-state index is 0.126. The summed E-state index contributed by atoms with van der Waals surface area (Å²) in [7, 11) is -3.91. The molecule has 2 aromatic carbocycles. The molecule has 1 aliphatic carbocycles. The average Bonchev–Trinajstić information content (AvgIpc) is 3.58. The number of benzene rings is 2. The number of rotatable bonds is 11. The van der Waals surface area contributed by atoms with Gasteiger partial charge in [-0.25, -0.2) is 8.42 Å². The number of ether oxygens (including phenoxy) is 1. The Morgan fingerprint density at radius 1 is 1.16 bits per heavy atom. The molecule has 2 aromatic rings. The second-order valence-corrected chi connectivity index (χ2v) is 13.1. The summed E-state index contributed by atoms with van der Waals surface area (Å²) < 4.78 is 34.6. The summed E-state index contributed by atoms with van der Waals surface area (Å²) in [4.78, 5) is 13.7. The number of sulfonamides is 1. The van der Waals surface area contributed by atoms with Crippen LogP contribution < -0.4 is 11.1 Å². The molecule has 1 spiro atoms. The van der Waals surface area contributed by atoms with Crippen molar-refractivity contribution in [3.8, 4) is 0 Å². The lowest BCUT2D eigenvalue weighted by atomic mass is 9.85.